The van der Waals surface area contributed by atoms with Crippen LogP contribution in [0.1, 0.15) is 17.3 Å². The van der Waals surface area contributed by atoms with E-state index in [-0.39, 0.29) is 17.1 Å². The summed E-state index contributed by atoms with van der Waals surface area (Å²) in [5, 5.41) is 9.64. The smallest absolute Gasteiger partial charge is 0.349 e. The average Bonchev–Trinajstić information content (AvgIpc) is 2.39. The van der Waals surface area contributed by atoms with Crippen molar-refractivity contribution in [1.29, 1.82) is 0 Å². The molecule has 0 amide bonds. The van der Waals surface area contributed by atoms with Gasteiger partial charge in [-0.15, -0.1) is 0 Å². The van der Waals surface area contributed by atoms with Crippen LogP contribution in [0.2, 0.25) is 0 Å². The summed E-state index contributed by atoms with van der Waals surface area (Å²) in [6, 6.07) is 9.94. The van der Waals surface area contributed by atoms with Gasteiger partial charge >= 0.3 is 11.9 Å². The Bertz CT molecular complexity index is 662. The summed E-state index contributed by atoms with van der Waals surface area (Å²) >= 11 is 0. The quantitative estimate of drug-likeness (QED) is 0.675. The van der Waals surface area contributed by atoms with E-state index in [0.29, 0.717) is 11.1 Å². The lowest BCUT2D eigenvalue weighted by atomic mass is 10.0. The van der Waals surface area contributed by atoms with Gasteiger partial charge < -0.3 is 9.84 Å². The van der Waals surface area contributed by atoms with Crippen LogP contribution in [0.5, 0.6) is 5.75 Å². The number of benzene rings is 2. The van der Waals surface area contributed by atoms with Crippen molar-refractivity contribution in [2.24, 2.45) is 0 Å². The molecule has 0 aliphatic rings. The lowest BCUT2D eigenvalue weighted by molar-refractivity contribution is -0.135. The molecule has 2 rings (SSSR count). The normalized spacial score (nSPS) is 10.1. The molecule has 0 saturated carbocycles. The van der Waals surface area contributed by atoms with Crippen LogP contribution in [0.4, 0.5) is 4.39 Å². The minimum absolute atomic E-state index is 0.123. The zero-order chi connectivity index (χ0) is 14.7. The van der Waals surface area contributed by atoms with Gasteiger partial charge in [-0.3, -0.25) is 4.79 Å². The Morgan fingerprint density at radius 3 is 2.25 bits per heavy atom. The van der Waals surface area contributed by atoms with Gasteiger partial charge in [-0.05, 0) is 35.4 Å². The maximum absolute atomic E-state index is 12.9. The first-order valence-corrected chi connectivity index (χ1v) is 5.79. The van der Waals surface area contributed by atoms with Crippen molar-refractivity contribution in [1.82, 2.24) is 0 Å². The lowest BCUT2D eigenvalue weighted by Gasteiger charge is -2.07. The fourth-order valence-electron chi connectivity index (χ4n) is 1.71. The molecule has 0 aliphatic heterocycles. The molecule has 0 heterocycles. The molecule has 0 aliphatic carbocycles. The van der Waals surface area contributed by atoms with Gasteiger partial charge in [-0.2, -0.15) is 0 Å². The predicted octanol–water partition coefficient (Wildman–Crippen LogP) is 2.90. The van der Waals surface area contributed by atoms with Crippen molar-refractivity contribution in [2.45, 2.75) is 6.92 Å². The second-order valence-electron chi connectivity index (χ2n) is 4.12. The van der Waals surface area contributed by atoms with Crippen molar-refractivity contribution in [2.75, 3.05) is 0 Å². The Morgan fingerprint density at radius 1 is 1.05 bits per heavy atom. The first kappa shape index (κ1) is 13.7. The molecule has 1 N–H and O–H groups in total. The van der Waals surface area contributed by atoms with E-state index < -0.39 is 11.9 Å². The minimum atomic E-state index is -0.932. The summed E-state index contributed by atoms with van der Waals surface area (Å²) in [6.45, 7) is 1.10. The topological polar surface area (TPSA) is 63.6 Å². The molecular formula is C15H11FO4. The number of carbonyl (C=O) groups excluding carboxylic acids is 2. The fraction of sp³-hybridized carbons (Fsp3) is 0.0667. The summed E-state index contributed by atoms with van der Waals surface area (Å²) in [5.74, 6) is -2.36. The van der Waals surface area contributed by atoms with Crippen LogP contribution in [0.3, 0.4) is 0 Å². The Balaban J connectivity index is 2.40. The Morgan fingerprint density at radius 2 is 1.65 bits per heavy atom. The van der Waals surface area contributed by atoms with Crippen LogP contribution in [-0.4, -0.2) is 17.0 Å². The van der Waals surface area contributed by atoms with Crippen LogP contribution in [0, 0.1) is 5.82 Å². The Labute approximate surface area is 114 Å². The SMILES string of the molecule is CC(=O)OC(=O)c1cc(-c2ccc(F)cc2)ccc1O. The van der Waals surface area contributed by atoms with E-state index in [4.69, 9.17) is 0 Å². The van der Waals surface area contributed by atoms with E-state index in [1.54, 1.807) is 18.2 Å². The van der Waals surface area contributed by atoms with Crippen molar-refractivity contribution in [3.63, 3.8) is 0 Å². The second-order valence-corrected chi connectivity index (χ2v) is 4.12. The number of ether oxygens (including phenoxy) is 1. The average molecular weight is 274 g/mol. The minimum Gasteiger partial charge on any atom is -0.507 e. The van der Waals surface area contributed by atoms with Gasteiger partial charge in [0.05, 0.1) is 0 Å². The summed E-state index contributed by atoms with van der Waals surface area (Å²) in [7, 11) is 0. The summed E-state index contributed by atoms with van der Waals surface area (Å²) in [4.78, 5) is 22.4. The molecule has 20 heavy (non-hydrogen) atoms. The third kappa shape index (κ3) is 3.00. The summed E-state index contributed by atoms with van der Waals surface area (Å²) < 4.78 is 17.3. The first-order chi connectivity index (χ1) is 9.47. The number of rotatable bonds is 2. The van der Waals surface area contributed by atoms with Crippen molar-refractivity contribution >= 4 is 11.9 Å². The van der Waals surface area contributed by atoms with Gasteiger partial charge in [-0.1, -0.05) is 18.2 Å². The van der Waals surface area contributed by atoms with Crippen molar-refractivity contribution in [3.8, 4) is 16.9 Å². The molecule has 0 saturated heterocycles. The number of hydrogen-bond donors (Lipinski definition) is 1. The maximum atomic E-state index is 12.9. The third-order valence-corrected chi connectivity index (χ3v) is 2.63. The molecule has 2 aromatic carbocycles. The number of halogens is 1. The highest BCUT2D eigenvalue weighted by atomic mass is 19.1. The molecule has 5 heteroatoms. The number of esters is 2. The van der Waals surface area contributed by atoms with E-state index >= 15 is 0 Å². The van der Waals surface area contributed by atoms with E-state index in [0.717, 1.165) is 6.92 Å². The van der Waals surface area contributed by atoms with Gasteiger partial charge in [0.25, 0.3) is 0 Å². The lowest BCUT2D eigenvalue weighted by Crippen LogP contribution is -2.09. The zero-order valence-corrected chi connectivity index (χ0v) is 10.6. The number of carbonyl (C=O) groups is 2. The summed E-state index contributed by atoms with van der Waals surface area (Å²) in [5.41, 5.74) is 1.14. The maximum Gasteiger partial charge on any atom is 0.349 e. The molecule has 4 nitrogen and oxygen atoms in total. The van der Waals surface area contributed by atoms with Crippen LogP contribution >= 0.6 is 0 Å². The second kappa shape index (κ2) is 5.52. The van der Waals surface area contributed by atoms with Crippen molar-refractivity contribution < 1.29 is 23.8 Å². The fourth-order valence-corrected chi connectivity index (χ4v) is 1.71. The highest BCUT2D eigenvalue weighted by Gasteiger charge is 2.15. The van der Waals surface area contributed by atoms with E-state index in [2.05, 4.69) is 4.74 Å². The summed E-state index contributed by atoms with van der Waals surface area (Å²) in [6.07, 6.45) is 0. The number of hydrogen-bond acceptors (Lipinski definition) is 4. The Hall–Kier alpha value is -2.69. The number of phenolic OH excluding ortho intramolecular Hbond substituents is 1. The van der Waals surface area contributed by atoms with Crippen LogP contribution in [0.25, 0.3) is 11.1 Å². The highest BCUT2D eigenvalue weighted by Crippen LogP contribution is 2.26. The van der Waals surface area contributed by atoms with Gasteiger partial charge in [0, 0.05) is 6.92 Å². The number of aromatic hydroxyl groups is 1. The van der Waals surface area contributed by atoms with Gasteiger partial charge in [0.1, 0.15) is 17.1 Å². The molecule has 2 aromatic rings. The van der Waals surface area contributed by atoms with E-state index in [1.807, 2.05) is 0 Å². The van der Waals surface area contributed by atoms with Gasteiger partial charge in [-0.25, -0.2) is 9.18 Å². The first-order valence-electron chi connectivity index (χ1n) is 5.79. The molecule has 0 radical (unpaired) electrons. The van der Waals surface area contributed by atoms with E-state index in [1.165, 1.54) is 24.3 Å². The molecule has 102 valence electrons. The number of phenols is 1. The van der Waals surface area contributed by atoms with Crippen molar-refractivity contribution in [3.05, 3.63) is 53.8 Å². The largest absolute Gasteiger partial charge is 0.507 e. The molecule has 0 bridgehead atoms. The van der Waals surface area contributed by atoms with Crippen LogP contribution in [-0.2, 0) is 9.53 Å². The molecular weight excluding hydrogens is 263 g/mol. The van der Waals surface area contributed by atoms with Gasteiger partial charge in [0.15, 0.2) is 0 Å². The zero-order valence-electron chi connectivity index (χ0n) is 10.6. The van der Waals surface area contributed by atoms with Crippen LogP contribution < -0.4 is 0 Å². The van der Waals surface area contributed by atoms with Gasteiger partial charge in [0.2, 0.25) is 0 Å². The van der Waals surface area contributed by atoms with Crippen LogP contribution in [0.15, 0.2) is 42.5 Å². The molecule has 0 fully saturated rings. The third-order valence-electron chi connectivity index (χ3n) is 2.63. The standard InChI is InChI=1S/C15H11FO4/c1-9(17)20-15(19)13-8-11(4-7-14(13)18)10-2-5-12(16)6-3-10/h2-8,18H,1H3. The molecule has 0 unspecified atom stereocenters. The Kier molecular flexibility index (Phi) is 3.79. The predicted molar refractivity (Wildman–Crippen MR) is 69.6 cm³/mol. The molecule has 0 spiro atoms. The van der Waals surface area contributed by atoms with E-state index in [9.17, 15) is 19.1 Å². The molecule has 0 aromatic heterocycles. The molecule has 0 atom stereocenters. The monoisotopic (exact) mass is 274 g/mol. The highest BCUT2D eigenvalue weighted by molar-refractivity contribution is 5.99.